The Hall–Kier alpha value is -0.630. The first-order chi connectivity index (χ1) is 8.35. The van der Waals surface area contributed by atoms with Crippen LogP contribution in [0.2, 0.25) is 0 Å². The first-order valence-corrected chi connectivity index (χ1v) is 7.72. The number of benzene rings is 1. The van der Waals surface area contributed by atoms with Gasteiger partial charge in [0.25, 0.3) is 0 Å². The standard InChI is InChI=1S/C11H17BrN2O3S/c1-8(13)3-4-14-18(15,16)11-6-9(12)5-10(7-11)17-2/h5-8,14H,3-4,13H2,1-2H3. The van der Waals surface area contributed by atoms with E-state index in [9.17, 15) is 8.42 Å². The topological polar surface area (TPSA) is 81.4 Å². The lowest BCUT2D eigenvalue weighted by Crippen LogP contribution is -2.29. The van der Waals surface area contributed by atoms with Crippen molar-refractivity contribution in [2.24, 2.45) is 5.73 Å². The average molecular weight is 337 g/mol. The third-order valence-electron chi connectivity index (χ3n) is 2.28. The van der Waals surface area contributed by atoms with Crippen LogP contribution in [0.5, 0.6) is 5.75 Å². The Morgan fingerprint density at radius 3 is 2.67 bits per heavy atom. The number of hydrogen-bond donors (Lipinski definition) is 2. The monoisotopic (exact) mass is 336 g/mol. The van der Waals surface area contributed by atoms with Gasteiger partial charge in [-0.3, -0.25) is 0 Å². The van der Waals surface area contributed by atoms with E-state index in [-0.39, 0.29) is 10.9 Å². The lowest BCUT2D eigenvalue weighted by atomic mass is 10.3. The Balaban J connectivity index is 2.87. The lowest BCUT2D eigenvalue weighted by Gasteiger charge is -2.10. The SMILES string of the molecule is COc1cc(Br)cc(S(=O)(=O)NCCC(C)N)c1. The largest absolute Gasteiger partial charge is 0.497 e. The Labute approximate surface area is 116 Å². The predicted octanol–water partition coefficient (Wildman–Crippen LogP) is 1.47. The van der Waals surface area contributed by atoms with Crippen LogP contribution in [0.1, 0.15) is 13.3 Å². The van der Waals surface area contributed by atoms with Gasteiger partial charge in [0.15, 0.2) is 0 Å². The fraction of sp³-hybridized carbons (Fsp3) is 0.455. The molecule has 5 nitrogen and oxygen atoms in total. The molecular formula is C11H17BrN2O3S. The van der Waals surface area contributed by atoms with Crippen molar-refractivity contribution in [3.8, 4) is 5.75 Å². The molecule has 0 aromatic heterocycles. The van der Waals surface area contributed by atoms with Gasteiger partial charge < -0.3 is 10.5 Å². The number of rotatable bonds is 6. The summed E-state index contributed by atoms with van der Waals surface area (Å²) in [7, 11) is -2.04. The molecule has 0 fully saturated rings. The summed E-state index contributed by atoms with van der Waals surface area (Å²) in [5, 5.41) is 0. The van der Waals surface area contributed by atoms with Gasteiger partial charge >= 0.3 is 0 Å². The molecule has 0 bridgehead atoms. The fourth-order valence-corrected chi connectivity index (χ4v) is 3.04. The summed E-state index contributed by atoms with van der Waals surface area (Å²) in [6.07, 6.45) is 0.588. The minimum atomic E-state index is -3.53. The predicted molar refractivity (Wildman–Crippen MR) is 74.1 cm³/mol. The van der Waals surface area contributed by atoms with E-state index in [1.807, 2.05) is 6.92 Å². The van der Waals surface area contributed by atoms with Crippen molar-refractivity contribution in [2.75, 3.05) is 13.7 Å². The molecule has 1 aromatic carbocycles. The number of sulfonamides is 1. The number of halogens is 1. The Morgan fingerprint density at radius 1 is 1.44 bits per heavy atom. The Morgan fingerprint density at radius 2 is 2.11 bits per heavy atom. The highest BCUT2D eigenvalue weighted by Crippen LogP contribution is 2.24. The summed E-state index contributed by atoms with van der Waals surface area (Å²) < 4.78 is 32.2. The molecule has 0 aliphatic carbocycles. The molecular weight excluding hydrogens is 320 g/mol. The Kier molecular flexibility index (Phi) is 5.58. The van der Waals surface area contributed by atoms with Gasteiger partial charge in [-0.25, -0.2) is 13.1 Å². The van der Waals surface area contributed by atoms with Crippen molar-refractivity contribution in [3.63, 3.8) is 0 Å². The summed E-state index contributed by atoms with van der Waals surface area (Å²) in [4.78, 5) is 0.165. The molecule has 0 aliphatic rings. The zero-order chi connectivity index (χ0) is 13.8. The third kappa shape index (κ3) is 4.56. The minimum Gasteiger partial charge on any atom is -0.497 e. The van der Waals surface area contributed by atoms with Crippen molar-refractivity contribution in [1.82, 2.24) is 4.72 Å². The summed E-state index contributed by atoms with van der Waals surface area (Å²) in [5.41, 5.74) is 5.57. The van der Waals surface area contributed by atoms with Crippen molar-refractivity contribution >= 4 is 26.0 Å². The van der Waals surface area contributed by atoms with E-state index >= 15 is 0 Å². The smallest absolute Gasteiger partial charge is 0.240 e. The third-order valence-corrected chi connectivity index (χ3v) is 4.18. The summed E-state index contributed by atoms with van der Waals surface area (Å²) in [6.45, 7) is 2.14. The molecule has 1 aromatic rings. The van der Waals surface area contributed by atoms with E-state index in [2.05, 4.69) is 20.7 Å². The number of methoxy groups -OCH3 is 1. The molecule has 0 aliphatic heterocycles. The minimum absolute atomic E-state index is 0.0373. The van der Waals surface area contributed by atoms with Crippen LogP contribution < -0.4 is 15.2 Å². The summed E-state index contributed by atoms with van der Waals surface area (Å²) >= 11 is 3.25. The first kappa shape index (κ1) is 15.4. The molecule has 0 heterocycles. The molecule has 1 unspecified atom stereocenters. The van der Waals surface area contributed by atoms with Gasteiger partial charge in [-0.1, -0.05) is 15.9 Å². The molecule has 0 radical (unpaired) electrons. The van der Waals surface area contributed by atoms with Gasteiger partial charge in [-0.15, -0.1) is 0 Å². The molecule has 0 saturated carbocycles. The zero-order valence-corrected chi connectivity index (χ0v) is 12.7. The second-order valence-corrected chi connectivity index (χ2v) is 6.67. The molecule has 102 valence electrons. The highest BCUT2D eigenvalue weighted by Gasteiger charge is 2.15. The molecule has 7 heteroatoms. The molecule has 1 atom stereocenters. The molecule has 0 spiro atoms. The van der Waals surface area contributed by atoms with Crippen LogP contribution in [-0.4, -0.2) is 28.1 Å². The van der Waals surface area contributed by atoms with E-state index in [1.165, 1.54) is 19.2 Å². The van der Waals surface area contributed by atoms with Crippen LogP contribution in [-0.2, 0) is 10.0 Å². The van der Waals surface area contributed by atoms with Crippen molar-refractivity contribution in [3.05, 3.63) is 22.7 Å². The second-order valence-electron chi connectivity index (χ2n) is 3.99. The number of hydrogen-bond acceptors (Lipinski definition) is 4. The van der Waals surface area contributed by atoms with Gasteiger partial charge in [0.1, 0.15) is 5.75 Å². The molecule has 0 amide bonds. The van der Waals surface area contributed by atoms with Gasteiger partial charge in [-0.2, -0.15) is 0 Å². The highest BCUT2D eigenvalue weighted by atomic mass is 79.9. The summed E-state index contributed by atoms with van der Waals surface area (Å²) in [6, 6.07) is 4.65. The maximum absolute atomic E-state index is 12.0. The maximum atomic E-state index is 12.0. The van der Waals surface area contributed by atoms with Gasteiger partial charge in [0.2, 0.25) is 10.0 Å². The van der Waals surface area contributed by atoms with Crippen LogP contribution >= 0.6 is 15.9 Å². The van der Waals surface area contributed by atoms with Crippen LogP contribution in [0.25, 0.3) is 0 Å². The van der Waals surface area contributed by atoms with Crippen LogP contribution in [0, 0.1) is 0 Å². The van der Waals surface area contributed by atoms with E-state index < -0.39 is 10.0 Å². The van der Waals surface area contributed by atoms with Crippen molar-refractivity contribution < 1.29 is 13.2 Å². The Bertz CT molecular complexity index is 503. The fourth-order valence-electron chi connectivity index (χ4n) is 1.31. The van der Waals surface area contributed by atoms with Crippen molar-refractivity contribution in [1.29, 1.82) is 0 Å². The average Bonchev–Trinajstić information content (AvgIpc) is 2.27. The van der Waals surface area contributed by atoms with E-state index in [0.29, 0.717) is 23.2 Å². The van der Waals surface area contributed by atoms with E-state index in [0.717, 1.165) is 0 Å². The van der Waals surface area contributed by atoms with Crippen LogP contribution in [0.15, 0.2) is 27.6 Å². The molecule has 18 heavy (non-hydrogen) atoms. The van der Waals surface area contributed by atoms with Crippen molar-refractivity contribution in [2.45, 2.75) is 24.3 Å². The highest BCUT2D eigenvalue weighted by molar-refractivity contribution is 9.10. The number of nitrogens with one attached hydrogen (secondary N) is 1. The molecule has 0 saturated heterocycles. The van der Waals surface area contributed by atoms with Crippen LogP contribution in [0.3, 0.4) is 0 Å². The van der Waals surface area contributed by atoms with Gasteiger partial charge in [0, 0.05) is 23.1 Å². The van der Waals surface area contributed by atoms with E-state index in [4.69, 9.17) is 10.5 Å². The first-order valence-electron chi connectivity index (χ1n) is 5.45. The van der Waals surface area contributed by atoms with Gasteiger partial charge in [0.05, 0.1) is 12.0 Å². The maximum Gasteiger partial charge on any atom is 0.240 e. The van der Waals surface area contributed by atoms with Gasteiger partial charge in [-0.05, 0) is 25.5 Å². The quantitative estimate of drug-likeness (QED) is 0.824. The second kappa shape index (κ2) is 6.51. The number of ether oxygens (including phenoxy) is 1. The molecule has 1 rings (SSSR count). The normalized spacial score (nSPS) is 13.3. The number of nitrogens with two attached hydrogens (primary N) is 1. The lowest BCUT2D eigenvalue weighted by molar-refractivity contribution is 0.413. The van der Waals surface area contributed by atoms with Crippen LogP contribution in [0.4, 0.5) is 0 Å². The summed E-state index contributed by atoms with van der Waals surface area (Å²) in [5.74, 6) is 0.483. The van der Waals surface area contributed by atoms with E-state index in [1.54, 1.807) is 6.07 Å². The molecule has 3 N–H and O–H groups in total. The zero-order valence-electron chi connectivity index (χ0n) is 10.3.